The lowest BCUT2D eigenvalue weighted by Crippen LogP contribution is -2.73. The van der Waals surface area contributed by atoms with Crippen LogP contribution in [0.1, 0.15) is 5.82 Å². The number of hydrogen-bond donors (Lipinski definition) is 12. The number of aromatic nitrogens is 4. The summed E-state index contributed by atoms with van der Waals surface area (Å²) in [5, 5.41) is 82.7. The van der Waals surface area contributed by atoms with Crippen molar-refractivity contribution in [1.29, 1.82) is 0 Å². The normalized spacial score (nSPS) is 29.2. The SMILES string of the molecule is NC1=NCC(c2ncccn2)(C(O)[C@H](NC(=O)[C@@H](N)CO)C(=O)N(C2CN=C(Nc3ncccn3)N2)[C@H](C=O)CO)N1C1OC(CO)C(O)C(O)C1O. The van der Waals surface area contributed by atoms with Gasteiger partial charge >= 0.3 is 0 Å². The first-order chi connectivity index (χ1) is 25.4. The molecule has 0 saturated carbocycles. The lowest BCUT2D eigenvalue weighted by atomic mass is 9.83. The average molecular weight is 748 g/mol. The van der Waals surface area contributed by atoms with Gasteiger partial charge < -0.3 is 72.3 Å². The number of hydrogen-bond acceptors (Lipinski definition) is 22. The summed E-state index contributed by atoms with van der Waals surface area (Å²) in [6.45, 7) is -3.47. The van der Waals surface area contributed by atoms with Crippen LogP contribution >= 0.6 is 0 Å². The van der Waals surface area contributed by atoms with Crippen molar-refractivity contribution in [3.63, 3.8) is 0 Å². The first-order valence-corrected chi connectivity index (χ1v) is 16.2. The molecule has 3 aliphatic rings. The molecule has 288 valence electrons. The van der Waals surface area contributed by atoms with E-state index in [1.165, 1.54) is 30.9 Å². The van der Waals surface area contributed by atoms with E-state index in [4.69, 9.17) is 16.2 Å². The third-order valence-corrected chi connectivity index (χ3v) is 8.95. The van der Waals surface area contributed by atoms with Crippen LogP contribution in [0.15, 0.2) is 46.9 Å². The number of nitrogens with one attached hydrogen (secondary N) is 3. The Morgan fingerprint density at radius 3 is 2.30 bits per heavy atom. The van der Waals surface area contributed by atoms with Crippen molar-refractivity contribution in [3.05, 3.63) is 42.7 Å². The molecular weight excluding hydrogens is 706 g/mol. The summed E-state index contributed by atoms with van der Waals surface area (Å²) in [7, 11) is 0. The lowest BCUT2D eigenvalue weighted by molar-refractivity contribution is -0.270. The number of carbonyl (C=O) groups excluding carboxylic acids is 3. The summed E-state index contributed by atoms with van der Waals surface area (Å²) in [4.78, 5) is 67.3. The van der Waals surface area contributed by atoms with Gasteiger partial charge in [0.1, 0.15) is 61.1 Å². The van der Waals surface area contributed by atoms with Crippen LogP contribution in [0.2, 0.25) is 0 Å². The van der Waals surface area contributed by atoms with E-state index in [9.17, 15) is 50.1 Å². The number of aliphatic hydroxyl groups is 7. The van der Waals surface area contributed by atoms with Crippen LogP contribution in [-0.2, 0) is 24.7 Å². The molecule has 3 aliphatic heterocycles. The maximum Gasteiger partial charge on any atom is 0.250 e. The number of carbonyl (C=O) groups is 3. The summed E-state index contributed by atoms with van der Waals surface area (Å²) in [6.07, 6.45) is -6.80. The summed E-state index contributed by atoms with van der Waals surface area (Å²) in [5.41, 5.74) is 9.84. The second-order valence-electron chi connectivity index (χ2n) is 12.2. The van der Waals surface area contributed by atoms with E-state index in [1.54, 1.807) is 6.07 Å². The number of rotatable bonds is 14. The van der Waals surface area contributed by atoms with Gasteiger partial charge in [-0.2, -0.15) is 0 Å². The van der Waals surface area contributed by atoms with E-state index in [0.717, 1.165) is 9.80 Å². The number of amides is 2. The third-order valence-electron chi connectivity index (χ3n) is 8.95. The molecule has 0 spiro atoms. The zero-order valence-electron chi connectivity index (χ0n) is 27.8. The Bertz CT molecular complexity index is 1640. The van der Waals surface area contributed by atoms with Gasteiger partial charge in [0, 0.05) is 24.8 Å². The van der Waals surface area contributed by atoms with Crippen molar-refractivity contribution in [2.45, 2.75) is 66.6 Å². The van der Waals surface area contributed by atoms with Crippen molar-refractivity contribution in [3.8, 4) is 0 Å². The van der Waals surface area contributed by atoms with Crippen LogP contribution in [0.25, 0.3) is 0 Å². The van der Waals surface area contributed by atoms with Gasteiger partial charge in [-0.1, -0.05) is 0 Å². The van der Waals surface area contributed by atoms with Crippen molar-refractivity contribution in [2.75, 3.05) is 38.2 Å². The standard InChI is InChI=1S/C29H41N13O11/c30-14(10-45)22(51)39-17(23(52)41(13(8-43)9-44)16-7-36-28(38-16)40-27-34-5-2-6-35-27)21(50)29(25-32-3-1-4-33-25)12-37-26(31)42(29)24-20(49)19(48)18(47)15(11-46)53-24/h1-6,8,13-21,24,44-50H,7,9-12,30H2,(H2,31,37)(H,39,51)(H2,34,35,36,38,40)/t13-,14+,15?,16?,17+,18?,19?,20?,21?,24?,29?/m1/s1. The fourth-order valence-corrected chi connectivity index (χ4v) is 6.21. The summed E-state index contributed by atoms with van der Waals surface area (Å²) >= 11 is 0. The van der Waals surface area contributed by atoms with Crippen LogP contribution in [-0.4, -0.2) is 189 Å². The summed E-state index contributed by atoms with van der Waals surface area (Å²) < 4.78 is 5.78. The Hall–Kier alpha value is -5.05. The molecule has 5 rings (SSSR count). The number of aldehydes is 1. The molecule has 11 atom stereocenters. The molecule has 24 heteroatoms. The first kappa shape index (κ1) is 39.2. The number of nitrogens with zero attached hydrogens (tertiary/aromatic N) is 8. The zero-order valence-corrected chi connectivity index (χ0v) is 27.8. The Kier molecular flexibility index (Phi) is 12.4. The Balaban J connectivity index is 1.60. The van der Waals surface area contributed by atoms with E-state index < -0.39 is 111 Å². The highest BCUT2D eigenvalue weighted by Gasteiger charge is 2.62. The zero-order chi connectivity index (χ0) is 38.4. The van der Waals surface area contributed by atoms with Gasteiger partial charge in [-0.05, 0) is 12.1 Å². The summed E-state index contributed by atoms with van der Waals surface area (Å²) in [6, 6.07) is -2.40. The molecule has 0 bridgehead atoms. The minimum Gasteiger partial charge on any atom is -0.394 e. The molecular formula is C29H41N13O11. The maximum absolute atomic E-state index is 14.8. The van der Waals surface area contributed by atoms with E-state index in [-0.39, 0.29) is 30.6 Å². The molecule has 0 aliphatic carbocycles. The molecule has 2 aromatic heterocycles. The summed E-state index contributed by atoms with van der Waals surface area (Å²) in [5.74, 6) is -2.92. The number of anilines is 1. The largest absolute Gasteiger partial charge is 0.394 e. The van der Waals surface area contributed by atoms with Gasteiger partial charge in [0.05, 0.1) is 32.9 Å². The Morgan fingerprint density at radius 1 is 1.04 bits per heavy atom. The molecule has 1 fully saturated rings. The minimum atomic E-state index is -2.28. The first-order valence-electron chi connectivity index (χ1n) is 16.2. The maximum atomic E-state index is 14.8. The van der Waals surface area contributed by atoms with Gasteiger partial charge in [-0.15, -0.1) is 0 Å². The molecule has 24 nitrogen and oxygen atoms in total. The predicted octanol–water partition coefficient (Wildman–Crippen LogP) is -8.16. The number of aliphatic hydroxyl groups excluding tert-OH is 7. The van der Waals surface area contributed by atoms with Crippen LogP contribution in [0, 0.1) is 0 Å². The number of guanidine groups is 2. The van der Waals surface area contributed by atoms with Gasteiger partial charge in [0.25, 0.3) is 0 Å². The van der Waals surface area contributed by atoms with E-state index in [2.05, 4.69) is 45.9 Å². The van der Waals surface area contributed by atoms with Crippen molar-refractivity contribution in [2.24, 2.45) is 21.5 Å². The monoisotopic (exact) mass is 747 g/mol. The van der Waals surface area contributed by atoms with E-state index in [1.807, 2.05) is 0 Å². The molecule has 53 heavy (non-hydrogen) atoms. The number of aliphatic imine (C=N–C) groups is 2. The molecule has 2 aromatic rings. The van der Waals surface area contributed by atoms with Crippen molar-refractivity contribution in [1.82, 2.24) is 40.4 Å². The van der Waals surface area contributed by atoms with Gasteiger partial charge in [0.15, 0.2) is 29.5 Å². The van der Waals surface area contributed by atoms with Crippen LogP contribution in [0.3, 0.4) is 0 Å². The van der Waals surface area contributed by atoms with Gasteiger partial charge in [-0.3, -0.25) is 24.8 Å². The second-order valence-corrected chi connectivity index (χ2v) is 12.2. The van der Waals surface area contributed by atoms with Crippen molar-refractivity contribution >= 4 is 36.0 Å². The van der Waals surface area contributed by atoms with Crippen molar-refractivity contribution < 1.29 is 54.9 Å². The Labute approximate surface area is 300 Å². The fourth-order valence-electron chi connectivity index (χ4n) is 6.21. The molecule has 14 N–H and O–H groups in total. The molecule has 1 saturated heterocycles. The molecule has 8 unspecified atom stereocenters. The number of nitrogens with two attached hydrogens (primary N) is 2. The highest BCUT2D eigenvalue weighted by molar-refractivity contribution is 5.95. The van der Waals surface area contributed by atoms with E-state index >= 15 is 0 Å². The highest BCUT2D eigenvalue weighted by atomic mass is 16.6. The van der Waals surface area contributed by atoms with Gasteiger partial charge in [0.2, 0.25) is 17.8 Å². The smallest absolute Gasteiger partial charge is 0.250 e. The van der Waals surface area contributed by atoms with Crippen LogP contribution in [0.4, 0.5) is 5.95 Å². The quantitative estimate of drug-likeness (QED) is 0.0798. The molecule has 5 heterocycles. The number of ether oxygens (including phenoxy) is 1. The van der Waals surface area contributed by atoms with Crippen LogP contribution in [0.5, 0.6) is 0 Å². The van der Waals surface area contributed by atoms with E-state index in [0.29, 0.717) is 0 Å². The predicted molar refractivity (Wildman–Crippen MR) is 177 cm³/mol. The fraction of sp³-hybridized carbons (Fsp3) is 0.552. The molecule has 0 radical (unpaired) electrons. The average Bonchev–Trinajstić information content (AvgIpc) is 3.79. The van der Waals surface area contributed by atoms with Crippen LogP contribution < -0.4 is 27.4 Å². The molecule has 2 amide bonds. The topological polar surface area (TPSA) is 373 Å². The Morgan fingerprint density at radius 2 is 1.70 bits per heavy atom. The second kappa shape index (κ2) is 16.7. The van der Waals surface area contributed by atoms with Gasteiger partial charge in [-0.25, -0.2) is 24.9 Å². The highest BCUT2D eigenvalue weighted by Crippen LogP contribution is 2.41. The minimum absolute atomic E-state index is 0.0601. The third kappa shape index (κ3) is 7.57. The lowest BCUT2D eigenvalue weighted by Gasteiger charge is -2.51. The molecule has 0 aromatic carbocycles.